The Balaban J connectivity index is 1.76. The molecule has 0 unspecified atom stereocenters. The number of aromatic nitrogens is 2. The minimum absolute atomic E-state index is 0.339. The summed E-state index contributed by atoms with van der Waals surface area (Å²) in [5.41, 5.74) is 3.50. The largest absolute Gasteiger partial charge is 0.494 e. The molecule has 4 nitrogen and oxygen atoms in total. The lowest BCUT2D eigenvalue weighted by Gasteiger charge is -2.32. The third kappa shape index (κ3) is 2.59. The fraction of sp³-hybridized carbons (Fsp3) is 0.350. The van der Waals surface area contributed by atoms with Crippen LogP contribution in [0.1, 0.15) is 27.7 Å². The predicted octanol–water partition coefficient (Wildman–Crippen LogP) is 3.54. The number of hydrogen-bond donors (Lipinski definition) is 0. The molecule has 0 amide bonds. The minimum atomic E-state index is -0.357. The second kappa shape index (κ2) is 5.45. The van der Waals surface area contributed by atoms with Crippen molar-refractivity contribution in [2.75, 3.05) is 0 Å². The molecule has 2 heterocycles. The molecule has 0 bridgehead atoms. The van der Waals surface area contributed by atoms with Gasteiger partial charge in [0.1, 0.15) is 5.82 Å². The highest BCUT2D eigenvalue weighted by Gasteiger charge is 2.51. The summed E-state index contributed by atoms with van der Waals surface area (Å²) >= 11 is 0. The zero-order valence-electron chi connectivity index (χ0n) is 15.4. The minimum Gasteiger partial charge on any atom is -0.399 e. The number of fused-ring (bicyclic) bond motifs is 1. The number of benzene rings is 2. The zero-order chi connectivity index (χ0) is 17.8. The zero-order valence-corrected chi connectivity index (χ0v) is 15.4. The van der Waals surface area contributed by atoms with Crippen molar-refractivity contribution in [1.29, 1.82) is 0 Å². The summed E-state index contributed by atoms with van der Waals surface area (Å²) in [6.07, 6.45) is 0. The Morgan fingerprint density at radius 3 is 2.20 bits per heavy atom. The lowest BCUT2D eigenvalue weighted by atomic mass is 9.79. The van der Waals surface area contributed by atoms with Gasteiger partial charge in [-0.15, -0.1) is 0 Å². The van der Waals surface area contributed by atoms with Crippen LogP contribution in [0.3, 0.4) is 0 Å². The molecular formula is C20H23BN2O2. The highest BCUT2D eigenvalue weighted by molar-refractivity contribution is 6.62. The van der Waals surface area contributed by atoms with Crippen molar-refractivity contribution >= 4 is 23.6 Å². The maximum atomic E-state index is 6.18. The van der Waals surface area contributed by atoms with Crippen LogP contribution in [-0.2, 0) is 16.4 Å². The molecule has 1 saturated heterocycles. The Labute approximate surface area is 148 Å². The molecule has 5 heteroatoms. The second-order valence-corrected chi connectivity index (χ2v) is 7.70. The molecule has 1 aliphatic rings. The SMILES string of the molecule is Cn1c(-c2ccccc2)nc2ccc(B3OC(C)(C)C(C)(C)O3)cc21. The topological polar surface area (TPSA) is 36.3 Å². The van der Waals surface area contributed by atoms with Crippen LogP contribution in [0.5, 0.6) is 0 Å². The summed E-state index contributed by atoms with van der Waals surface area (Å²) in [6.45, 7) is 8.29. The molecule has 4 rings (SSSR count). The van der Waals surface area contributed by atoms with Gasteiger partial charge in [-0.3, -0.25) is 0 Å². The van der Waals surface area contributed by atoms with Crippen LogP contribution in [0.15, 0.2) is 48.5 Å². The van der Waals surface area contributed by atoms with Gasteiger partial charge in [-0.1, -0.05) is 36.4 Å². The number of imidazole rings is 1. The number of rotatable bonds is 2. The number of nitrogens with zero attached hydrogens (tertiary/aromatic N) is 2. The molecule has 0 radical (unpaired) electrons. The quantitative estimate of drug-likeness (QED) is 0.673. The Kier molecular flexibility index (Phi) is 3.57. The molecule has 0 aliphatic carbocycles. The van der Waals surface area contributed by atoms with E-state index in [2.05, 4.69) is 50.5 Å². The monoisotopic (exact) mass is 334 g/mol. The van der Waals surface area contributed by atoms with Crippen LogP contribution in [0.2, 0.25) is 0 Å². The van der Waals surface area contributed by atoms with Crippen molar-refractivity contribution in [3.05, 3.63) is 48.5 Å². The van der Waals surface area contributed by atoms with Gasteiger partial charge in [-0.05, 0) is 45.3 Å². The van der Waals surface area contributed by atoms with Gasteiger partial charge in [0, 0.05) is 12.6 Å². The van der Waals surface area contributed by atoms with Gasteiger partial charge < -0.3 is 13.9 Å². The molecule has 1 aliphatic heterocycles. The van der Waals surface area contributed by atoms with Gasteiger partial charge in [-0.25, -0.2) is 4.98 Å². The van der Waals surface area contributed by atoms with Crippen molar-refractivity contribution < 1.29 is 9.31 Å². The number of hydrogen-bond acceptors (Lipinski definition) is 3. The second-order valence-electron chi connectivity index (χ2n) is 7.70. The lowest BCUT2D eigenvalue weighted by Crippen LogP contribution is -2.41. The Bertz CT molecular complexity index is 916. The lowest BCUT2D eigenvalue weighted by molar-refractivity contribution is 0.00578. The van der Waals surface area contributed by atoms with Gasteiger partial charge >= 0.3 is 7.12 Å². The van der Waals surface area contributed by atoms with E-state index in [4.69, 9.17) is 14.3 Å². The van der Waals surface area contributed by atoms with E-state index in [1.165, 1.54) is 0 Å². The fourth-order valence-corrected chi connectivity index (χ4v) is 3.18. The summed E-state index contributed by atoms with van der Waals surface area (Å²) in [5, 5.41) is 0. The molecule has 1 aromatic heterocycles. The van der Waals surface area contributed by atoms with Crippen LogP contribution in [0.4, 0.5) is 0 Å². The molecule has 0 atom stereocenters. The van der Waals surface area contributed by atoms with Crippen molar-refractivity contribution in [2.45, 2.75) is 38.9 Å². The molecular weight excluding hydrogens is 311 g/mol. The standard InChI is InChI=1S/C20H23BN2O2/c1-19(2)20(3,4)25-21(24-19)15-11-12-16-17(13-15)23(5)18(22-16)14-9-7-6-8-10-14/h6-13H,1-5H3. The molecule has 0 saturated carbocycles. The van der Waals surface area contributed by atoms with Crippen molar-refractivity contribution in [3.63, 3.8) is 0 Å². The molecule has 2 aromatic carbocycles. The third-order valence-corrected chi connectivity index (χ3v) is 5.46. The molecule has 3 aromatic rings. The maximum absolute atomic E-state index is 6.18. The molecule has 0 N–H and O–H groups in total. The molecule has 1 fully saturated rings. The van der Waals surface area contributed by atoms with Crippen LogP contribution < -0.4 is 5.46 Å². The van der Waals surface area contributed by atoms with E-state index in [-0.39, 0.29) is 18.3 Å². The molecule has 25 heavy (non-hydrogen) atoms. The van der Waals surface area contributed by atoms with Gasteiger partial charge in [0.05, 0.1) is 22.2 Å². The highest BCUT2D eigenvalue weighted by atomic mass is 16.7. The smallest absolute Gasteiger partial charge is 0.399 e. The van der Waals surface area contributed by atoms with E-state index in [0.29, 0.717) is 0 Å². The Hall–Kier alpha value is -2.11. The summed E-state index contributed by atoms with van der Waals surface area (Å²) < 4.78 is 14.5. The summed E-state index contributed by atoms with van der Waals surface area (Å²) in [6, 6.07) is 16.5. The van der Waals surface area contributed by atoms with Gasteiger partial charge in [0.15, 0.2) is 0 Å². The van der Waals surface area contributed by atoms with Crippen LogP contribution in [0, 0.1) is 0 Å². The first kappa shape index (κ1) is 16.4. The normalized spacial score (nSPS) is 18.8. The van der Waals surface area contributed by atoms with E-state index < -0.39 is 0 Å². The molecule has 128 valence electrons. The van der Waals surface area contributed by atoms with E-state index in [1.807, 2.05) is 37.4 Å². The first-order chi connectivity index (χ1) is 11.8. The summed E-state index contributed by atoms with van der Waals surface area (Å²) in [5.74, 6) is 0.960. The Morgan fingerprint density at radius 1 is 0.920 bits per heavy atom. The highest BCUT2D eigenvalue weighted by Crippen LogP contribution is 2.36. The van der Waals surface area contributed by atoms with Gasteiger partial charge in [-0.2, -0.15) is 0 Å². The summed E-state index contributed by atoms with van der Waals surface area (Å²) in [4.78, 5) is 4.79. The first-order valence-electron chi connectivity index (χ1n) is 8.66. The average Bonchev–Trinajstić information content (AvgIpc) is 3.01. The van der Waals surface area contributed by atoms with Crippen molar-refractivity contribution in [3.8, 4) is 11.4 Å². The van der Waals surface area contributed by atoms with Crippen LogP contribution in [-0.4, -0.2) is 27.9 Å². The van der Waals surface area contributed by atoms with Crippen molar-refractivity contribution in [1.82, 2.24) is 9.55 Å². The predicted molar refractivity (Wildman–Crippen MR) is 102 cm³/mol. The maximum Gasteiger partial charge on any atom is 0.494 e. The van der Waals surface area contributed by atoms with Gasteiger partial charge in [0.2, 0.25) is 0 Å². The van der Waals surface area contributed by atoms with Gasteiger partial charge in [0.25, 0.3) is 0 Å². The first-order valence-corrected chi connectivity index (χ1v) is 8.66. The van der Waals surface area contributed by atoms with Crippen LogP contribution in [0.25, 0.3) is 22.4 Å². The Morgan fingerprint density at radius 2 is 1.56 bits per heavy atom. The number of aryl methyl sites for hydroxylation is 1. The molecule has 0 spiro atoms. The van der Waals surface area contributed by atoms with E-state index in [0.717, 1.165) is 27.9 Å². The third-order valence-electron chi connectivity index (χ3n) is 5.46. The van der Waals surface area contributed by atoms with E-state index in [9.17, 15) is 0 Å². The van der Waals surface area contributed by atoms with Crippen LogP contribution >= 0.6 is 0 Å². The van der Waals surface area contributed by atoms with E-state index >= 15 is 0 Å². The summed E-state index contributed by atoms with van der Waals surface area (Å²) in [7, 11) is 1.69. The van der Waals surface area contributed by atoms with Crippen molar-refractivity contribution in [2.24, 2.45) is 7.05 Å². The van der Waals surface area contributed by atoms with E-state index in [1.54, 1.807) is 0 Å². The fourth-order valence-electron chi connectivity index (χ4n) is 3.18. The average molecular weight is 334 g/mol.